The van der Waals surface area contributed by atoms with Crippen LogP contribution in [0.15, 0.2) is 47.4 Å². The van der Waals surface area contributed by atoms with Crippen molar-refractivity contribution >= 4 is 5.97 Å². The number of nitro groups is 1. The molecule has 6 nitrogen and oxygen atoms in total. The summed E-state index contributed by atoms with van der Waals surface area (Å²) in [6, 6.07) is 3.72. The average Bonchev–Trinajstić information content (AvgIpc) is 2.53. The van der Waals surface area contributed by atoms with Gasteiger partial charge >= 0.3 is 5.97 Å². The summed E-state index contributed by atoms with van der Waals surface area (Å²) >= 11 is 0. The molecule has 0 saturated carbocycles. The second-order valence-corrected chi connectivity index (χ2v) is 4.66. The van der Waals surface area contributed by atoms with Gasteiger partial charge in [0, 0.05) is 18.3 Å². The van der Waals surface area contributed by atoms with E-state index in [1.165, 1.54) is 13.2 Å². The second kappa shape index (κ2) is 6.30. The maximum Gasteiger partial charge on any atom is 0.344 e. The van der Waals surface area contributed by atoms with Gasteiger partial charge in [-0.15, -0.1) is 0 Å². The monoisotopic (exact) mass is 288 g/mol. The zero-order valence-corrected chi connectivity index (χ0v) is 11.9. The van der Waals surface area contributed by atoms with E-state index in [2.05, 4.69) is 4.98 Å². The molecule has 0 aliphatic heterocycles. The minimum atomic E-state index is -0.659. The SMILES string of the molecule is CCC1=C(C(=O)OC)C([N+](=O)[O-])=CCC1c1ccncc1. The lowest BCUT2D eigenvalue weighted by molar-refractivity contribution is -0.421. The fourth-order valence-corrected chi connectivity index (χ4v) is 2.67. The van der Waals surface area contributed by atoms with Gasteiger partial charge in [-0.3, -0.25) is 15.1 Å². The van der Waals surface area contributed by atoms with Crippen LogP contribution in [0.2, 0.25) is 0 Å². The highest BCUT2D eigenvalue weighted by molar-refractivity contribution is 5.94. The minimum absolute atomic E-state index is 0.0594. The molecular weight excluding hydrogens is 272 g/mol. The summed E-state index contributed by atoms with van der Waals surface area (Å²) in [5.41, 5.74) is 1.64. The summed E-state index contributed by atoms with van der Waals surface area (Å²) in [7, 11) is 1.23. The fourth-order valence-electron chi connectivity index (χ4n) is 2.67. The molecule has 0 N–H and O–H groups in total. The minimum Gasteiger partial charge on any atom is -0.465 e. The fraction of sp³-hybridized carbons (Fsp3) is 0.333. The Morgan fingerprint density at radius 2 is 2.14 bits per heavy atom. The van der Waals surface area contributed by atoms with Crippen molar-refractivity contribution < 1.29 is 14.5 Å². The molecule has 0 fully saturated rings. The lowest BCUT2D eigenvalue weighted by Crippen LogP contribution is -2.21. The Morgan fingerprint density at radius 3 is 2.67 bits per heavy atom. The molecule has 0 aromatic carbocycles. The maximum atomic E-state index is 12.0. The number of methoxy groups -OCH3 is 1. The molecule has 0 radical (unpaired) electrons. The van der Waals surface area contributed by atoms with Crippen LogP contribution >= 0.6 is 0 Å². The summed E-state index contributed by atoms with van der Waals surface area (Å²) in [6.45, 7) is 1.88. The van der Waals surface area contributed by atoms with E-state index in [0.717, 1.165) is 11.1 Å². The highest BCUT2D eigenvalue weighted by Crippen LogP contribution is 2.39. The van der Waals surface area contributed by atoms with Gasteiger partial charge in [-0.2, -0.15) is 0 Å². The lowest BCUT2D eigenvalue weighted by atomic mass is 9.80. The van der Waals surface area contributed by atoms with E-state index in [1.54, 1.807) is 12.4 Å². The van der Waals surface area contributed by atoms with Crippen molar-refractivity contribution in [3.8, 4) is 0 Å². The van der Waals surface area contributed by atoms with Crippen LogP contribution in [0.25, 0.3) is 0 Å². The van der Waals surface area contributed by atoms with Crippen molar-refractivity contribution in [1.82, 2.24) is 4.98 Å². The van der Waals surface area contributed by atoms with Gasteiger partial charge in [0.25, 0.3) is 5.70 Å². The van der Waals surface area contributed by atoms with Crippen LogP contribution < -0.4 is 0 Å². The van der Waals surface area contributed by atoms with E-state index in [1.807, 2.05) is 19.1 Å². The average molecular weight is 288 g/mol. The molecule has 6 heteroatoms. The molecule has 1 heterocycles. The number of hydrogen-bond acceptors (Lipinski definition) is 5. The lowest BCUT2D eigenvalue weighted by Gasteiger charge is -2.24. The number of rotatable bonds is 4. The molecule has 1 aromatic heterocycles. The summed E-state index contributed by atoms with van der Waals surface area (Å²) < 4.78 is 4.73. The largest absolute Gasteiger partial charge is 0.465 e. The van der Waals surface area contributed by atoms with Crippen molar-refractivity contribution in [2.75, 3.05) is 7.11 Å². The zero-order chi connectivity index (χ0) is 15.4. The van der Waals surface area contributed by atoms with Gasteiger partial charge in [0.05, 0.1) is 12.0 Å². The predicted octanol–water partition coefficient (Wildman–Crippen LogP) is 2.61. The van der Waals surface area contributed by atoms with E-state index in [0.29, 0.717) is 12.8 Å². The highest BCUT2D eigenvalue weighted by Gasteiger charge is 2.35. The van der Waals surface area contributed by atoms with Crippen molar-refractivity contribution in [2.45, 2.75) is 25.7 Å². The number of aromatic nitrogens is 1. The molecule has 2 rings (SSSR count). The van der Waals surface area contributed by atoms with Gasteiger partial charge in [0.1, 0.15) is 5.57 Å². The topological polar surface area (TPSA) is 82.3 Å². The van der Waals surface area contributed by atoms with Crippen molar-refractivity contribution in [3.63, 3.8) is 0 Å². The van der Waals surface area contributed by atoms with E-state index in [-0.39, 0.29) is 17.2 Å². The third kappa shape index (κ3) is 2.84. The first-order valence-corrected chi connectivity index (χ1v) is 6.66. The molecule has 1 aliphatic carbocycles. The Kier molecular flexibility index (Phi) is 4.47. The summed E-state index contributed by atoms with van der Waals surface area (Å²) in [5.74, 6) is -0.718. The number of esters is 1. The van der Waals surface area contributed by atoms with E-state index in [4.69, 9.17) is 4.74 Å². The van der Waals surface area contributed by atoms with Crippen LogP contribution in [0.4, 0.5) is 0 Å². The molecule has 1 atom stereocenters. The normalized spacial score (nSPS) is 18.2. The summed E-state index contributed by atoms with van der Waals surface area (Å²) in [5, 5.41) is 11.2. The number of carbonyl (C=O) groups excluding carboxylic acids is 1. The Hall–Kier alpha value is -2.50. The molecule has 0 saturated heterocycles. The van der Waals surface area contributed by atoms with Gasteiger partial charge in [-0.05, 0) is 42.2 Å². The first-order chi connectivity index (χ1) is 10.1. The smallest absolute Gasteiger partial charge is 0.344 e. The van der Waals surface area contributed by atoms with Crippen molar-refractivity contribution in [2.24, 2.45) is 0 Å². The molecule has 1 unspecified atom stereocenters. The van der Waals surface area contributed by atoms with Gasteiger partial charge in [-0.25, -0.2) is 4.79 Å². The summed E-state index contributed by atoms with van der Waals surface area (Å²) in [4.78, 5) is 26.6. The van der Waals surface area contributed by atoms with Gasteiger partial charge in [-0.1, -0.05) is 6.92 Å². The van der Waals surface area contributed by atoms with Crippen molar-refractivity contribution in [1.29, 1.82) is 0 Å². The maximum absolute atomic E-state index is 12.0. The number of nitrogens with zero attached hydrogens (tertiary/aromatic N) is 2. The van der Waals surface area contributed by atoms with E-state index < -0.39 is 10.9 Å². The van der Waals surface area contributed by atoms with Crippen LogP contribution in [0, 0.1) is 10.1 Å². The van der Waals surface area contributed by atoms with Crippen LogP contribution in [0.1, 0.15) is 31.2 Å². The molecule has 0 amide bonds. The Morgan fingerprint density at radius 1 is 1.48 bits per heavy atom. The number of allylic oxidation sites excluding steroid dienone is 2. The highest BCUT2D eigenvalue weighted by atomic mass is 16.6. The van der Waals surface area contributed by atoms with Crippen LogP contribution in [0.3, 0.4) is 0 Å². The number of pyridine rings is 1. The third-order valence-corrected chi connectivity index (χ3v) is 3.62. The molecule has 1 aromatic rings. The molecule has 110 valence electrons. The molecule has 21 heavy (non-hydrogen) atoms. The number of ether oxygens (including phenoxy) is 1. The third-order valence-electron chi connectivity index (χ3n) is 3.62. The standard InChI is InChI=1S/C15H16N2O4/c1-3-11-12(10-6-8-16-9-7-10)4-5-13(17(19)20)14(11)15(18)21-2/h5-9,12H,3-4H2,1-2H3. The Balaban J connectivity index is 2.56. The van der Waals surface area contributed by atoms with E-state index >= 15 is 0 Å². The number of hydrogen-bond donors (Lipinski definition) is 0. The zero-order valence-electron chi connectivity index (χ0n) is 11.9. The predicted molar refractivity (Wildman–Crippen MR) is 76.0 cm³/mol. The van der Waals surface area contributed by atoms with E-state index in [9.17, 15) is 14.9 Å². The van der Waals surface area contributed by atoms with Crippen LogP contribution in [-0.2, 0) is 9.53 Å². The van der Waals surface area contributed by atoms with Crippen molar-refractivity contribution in [3.05, 3.63) is 63.1 Å². The molecule has 1 aliphatic rings. The quantitative estimate of drug-likeness (QED) is 0.483. The Bertz CT molecular complexity index is 620. The van der Waals surface area contributed by atoms with Crippen LogP contribution in [-0.4, -0.2) is 23.0 Å². The molecular formula is C15H16N2O4. The van der Waals surface area contributed by atoms with Gasteiger partial charge in [0.15, 0.2) is 0 Å². The van der Waals surface area contributed by atoms with Crippen LogP contribution in [0.5, 0.6) is 0 Å². The molecule has 0 bridgehead atoms. The van der Waals surface area contributed by atoms with Gasteiger partial charge < -0.3 is 4.74 Å². The Labute approximate surface area is 122 Å². The second-order valence-electron chi connectivity index (χ2n) is 4.66. The summed E-state index contributed by atoms with van der Waals surface area (Å²) in [6.07, 6.45) is 5.88. The first kappa shape index (κ1) is 14.9. The number of carbonyl (C=O) groups is 1. The first-order valence-electron chi connectivity index (χ1n) is 6.66. The van der Waals surface area contributed by atoms with Gasteiger partial charge in [0.2, 0.25) is 0 Å². The molecule has 0 spiro atoms.